The first-order valence-corrected chi connectivity index (χ1v) is 7.17. The molecular weight excluding hydrogens is 262 g/mol. The summed E-state index contributed by atoms with van der Waals surface area (Å²) in [4.78, 5) is 21.5. The van der Waals surface area contributed by atoms with Crippen molar-refractivity contribution in [3.63, 3.8) is 0 Å². The van der Waals surface area contributed by atoms with Crippen molar-refractivity contribution in [3.8, 4) is 11.4 Å². The van der Waals surface area contributed by atoms with Crippen LogP contribution in [-0.2, 0) is 4.79 Å². The third-order valence-corrected chi connectivity index (χ3v) is 3.92. The molecule has 0 bridgehead atoms. The van der Waals surface area contributed by atoms with Gasteiger partial charge in [0.15, 0.2) is 0 Å². The number of anilines is 1. The predicted octanol–water partition coefficient (Wildman–Crippen LogP) is 3.36. The number of aromatic nitrogens is 2. The molecule has 1 aliphatic heterocycles. The fourth-order valence-electron chi connectivity index (χ4n) is 2.81. The molecule has 4 heteroatoms. The van der Waals surface area contributed by atoms with E-state index in [0.717, 1.165) is 41.1 Å². The van der Waals surface area contributed by atoms with Crippen LogP contribution in [0.5, 0.6) is 0 Å². The molecule has 104 valence electrons. The van der Waals surface area contributed by atoms with Crippen LogP contribution in [-0.4, -0.2) is 22.4 Å². The second-order valence-corrected chi connectivity index (χ2v) is 5.30. The molecule has 2 heterocycles. The van der Waals surface area contributed by atoms with E-state index < -0.39 is 0 Å². The van der Waals surface area contributed by atoms with Gasteiger partial charge in [0.05, 0.1) is 11.0 Å². The van der Waals surface area contributed by atoms with Crippen LogP contribution in [0.3, 0.4) is 0 Å². The molecule has 1 amide bonds. The van der Waals surface area contributed by atoms with Crippen LogP contribution in [0.4, 0.5) is 5.69 Å². The third kappa shape index (κ3) is 2.09. The third-order valence-electron chi connectivity index (χ3n) is 3.92. The Morgan fingerprint density at radius 2 is 1.86 bits per heavy atom. The number of H-pyrrole nitrogens is 1. The van der Waals surface area contributed by atoms with Gasteiger partial charge in [-0.15, -0.1) is 0 Å². The van der Waals surface area contributed by atoms with Gasteiger partial charge in [-0.3, -0.25) is 4.79 Å². The molecule has 21 heavy (non-hydrogen) atoms. The quantitative estimate of drug-likeness (QED) is 0.781. The fraction of sp³-hybridized carbons (Fsp3) is 0.176. The highest BCUT2D eigenvalue weighted by atomic mass is 16.2. The van der Waals surface area contributed by atoms with Crippen LogP contribution in [0.25, 0.3) is 22.4 Å². The molecular formula is C17H15N3O. The summed E-state index contributed by atoms with van der Waals surface area (Å²) in [5.41, 5.74) is 4.00. The fourth-order valence-corrected chi connectivity index (χ4v) is 2.81. The van der Waals surface area contributed by atoms with E-state index in [2.05, 4.69) is 9.97 Å². The van der Waals surface area contributed by atoms with Crippen molar-refractivity contribution in [2.75, 3.05) is 11.4 Å². The highest BCUT2D eigenvalue weighted by Gasteiger charge is 2.21. The van der Waals surface area contributed by atoms with E-state index in [1.807, 2.05) is 53.4 Å². The number of hydrogen-bond donors (Lipinski definition) is 1. The minimum Gasteiger partial charge on any atom is -0.338 e. The summed E-state index contributed by atoms with van der Waals surface area (Å²) in [6.45, 7) is 0.822. The molecule has 4 rings (SSSR count). The molecule has 1 aliphatic rings. The summed E-state index contributed by atoms with van der Waals surface area (Å²) in [7, 11) is 0. The number of rotatable bonds is 2. The van der Waals surface area contributed by atoms with Crippen LogP contribution in [0, 0.1) is 0 Å². The Labute approximate surface area is 122 Å². The highest BCUT2D eigenvalue weighted by Crippen LogP contribution is 2.25. The second-order valence-electron chi connectivity index (χ2n) is 5.30. The predicted molar refractivity (Wildman–Crippen MR) is 83.1 cm³/mol. The summed E-state index contributed by atoms with van der Waals surface area (Å²) in [5.74, 6) is 1.07. The second kappa shape index (κ2) is 4.74. The zero-order valence-electron chi connectivity index (χ0n) is 11.5. The molecule has 1 fully saturated rings. The van der Waals surface area contributed by atoms with Gasteiger partial charge in [0, 0.05) is 24.2 Å². The number of benzene rings is 2. The van der Waals surface area contributed by atoms with E-state index in [9.17, 15) is 4.79 Å². The molecule has 0 atom stereocenters. The van der Waals surface area contributed by atoms with Gasteiger partial charge in [-0.25, -0.2) is 4.98 Å². The maximum Gasteiger partial charge on any atom is 0.227 e. The molecule has 1 N–H and O–H groups in total. The van der Waals surface area contributed by atoms with Crippen LogP contribution < -0.4 is 4.90 Å². The number of amides is 1. The largest absolute Gasteiger partial charge is 0.338 e. The topological polar surface area (TPSA) is 49.0 Å². The standard InChI is InChI=1S/C17H15N3O/c21-16-6-3-11-20(16)13-9-7-12(8-10-13)17-18-14-4-1-2-5-15(14)19-17/h1-2,4-5,7-10H,3,6,11H2,(H,18,19). The van der Waals surface area contributed by atoms with Crippen LogP contribution in [0.2, 0.25) is 0 Å². The number of nitrogens with zero attached hydrogens (tertiary/aromatic N) is 2. The van der Waals surface area contributed by atoms with Gasteiger partial charge in [0.25, 0.3) is 0 Å². The van der Waals surface area contributed by atoms with Crippen molar-refractivity contribution < 1.29 is 4.79 Å². The van der Waals surface area contributed by atoms with Gasteiger partial charge in [-0.1, -0.05) is 12.1 Å². The van der Waals surface area contributed by atoms with Crippen LogP contribution >= 0.6 is 0 Å². The average molecular weight is 277 g/mol. The Kier molecular flexibility index (Phi) is 2.74. The summed E-state index contributed by atoms with van der Waals surface area (Å²) in [5, 5.41) is 0. The molecule has 0 unspecified atom stereocenters. The molecule has 0 saturated carbocycles. The minimum atomic E-state index is 0.214. The Balaban J connectivity index is 1.68. The van der Waals surface area contributed by atoms with Gasteiger partial charge < -0.3 is 9.88 Å². The number of para-hydroxylation sites is 2. The van der Waals surface area contributed by atoms with Gasteiger partial charge in [-0.2, -0.15) is 0 Å². The zero-order chi connectivity index (χ0) is 14.2. The summed E-state index contributed by atoms with van der Waals surface area (Å²) in [6.07, 6.45) is 1.61. The smallest absolute Gasteiger partial charge is 0.227 e. The molecule has 1 aromatic heterocycles. The first kappa shape index (κ1) is 12.1. The number of carbonyl (C=O) groups excluding carboxylic acids is 1. The Bertz CT molecular complexity index is 771. The van der Waals surface area contributed by atoms with Crippen LogP contribution in [0.15, 0.2) is 48.5 Å². The van der Waals surface area contributed by atoms with E-state index in [0.29, 0.717) is 6.42 Å². The van der Waals surface area contributed by atoms with E-state index in [-0.39, 0.29) is 5.91 Å². The molecule has 0 radical (unpaired) electrons. The van der Waals surface area contributed by atoms with Crippen molar-refractivity contribution in [2.45, 2.75) is 12.8 Å². The number of carbonyl (C=O) groups is 1. The van der Waals surface area contributed by atoms with Gasteiger partial charge in [0.2, 0.25) is 5.91 Å². The number of nitrogens with one attached hydrogen (secondary N) is 1. The van der Waals surface area contributed by atoms with Crippen LogP contribution in [0.1, 0.15) is 12.8 Å². The van der Waals surface area contributed by atoms with Crippen molar-refractivity contribution in [1.29, 1.82) is 0 Å². The van der Waals surface area contributed by atoms with E-state index in [4.69, 9.17) is 0 Å². The lowest BCUT2D eigenvalue weighted by molar-refractivity contribution is -0.117. The molecule has 0 spiro atoms. The summed E-state index contributed by atoms with van der Waals surface area (Å²) < 4.78 is 0. The molecule has 0 aliphatic carbocycles. The van der Waals surface area contributed by atoms with E-state index in [1.54, 1.807) is 0 Å². The van der Waals surface area contributed by atoms with Crippen molar-refractivity contribution in [2.24, 2.45) is 0 Å². The Morgan fingerprint density at radius 1 is 1.05 bits per heavy atom. The van der Waals surface area contributed by atoms with E-state index >= 15 is 0 Å². The van der Waals surface area contributed by atoms with Crippen molar-refractivity contribution in [3.05, 3.63) is 48.5 Å². The van der Waals surface area contributed by atoms with Crippen molar-refractivity contribution in [1.82, 2.24) is 9.97 Å². The normalized spacial score (nSPS) is 15.0. The number of imidazole rings is 1. The number of aromatic amines is 1. The Hall–Kier alpha value is -2.62. The molecule has 2 aromatic carbocycles. The SMILES string of the molecule is O=C1CCCN1c1ccc(-c2nc3ccccc3[nH]2)cc1. The van der Waals surface area contributed by atoms with Gasteiger partial charge >= 0.3 is 0 Å². The first-order valence-electron chi connectivity index (χ1n) is 7.17. The van der Waals surface area contributed by atoms with Gasteiger partial charge in [0.1, 0.15) is 5.82 Å². The zero-order valence-corrected chi connectivity index (χ0v) is 11.5. The number of fused-ring (bicyclic) bond motifs is 1. The number of hydrogen-bond acceptors (Lipinski definition) is 2. The summed E-state index contributed by atoms with van der Waals surface area (Å²) in [6, 6.07) is 16.0. The molecule has 4 nitrogen and oxygen atoms in total. The maximum atomic E-state index is 11.8. The minimum absolute atomic E-state index is 0.214. The highest BCUT2D eigenvalue weighted by molar-refractivity contribution is 5.95. The molecule has 3 aromatic rings. The average Bonchev–Trinajstić information content (AvgIpc) is 3.13. The summed E-state index contributed by atoms with van der Waals surface area (Å²) >= 11 is 0. The Morgan fingerprint density at radius 3 is 2.57 bits per heavy atom. The van der Waals surface area contributed by atoms with Gasteiger partial charge in [-0.05, 0) is 42.8 Å². The van der Waals surface area contributed by atoms with E-state index in [1.165, 1.54) is 0 Å². The lowest BCUT2D eigenvalue weighted by Gasteiger charge is -2.15. The molecule has 1 saturated heterocycles. The first-order chi connectivity index (χ1) is 10.3. The maximum absolute atomic E-state index is 11.8. The lowest BCUT2D eigenvalue weighted by Crippen LogP contribution is -2.23. The lowest BCUT2D eigenvalue weighted by atomic mass is 10.2. The van der Waals surface area contributed by atoms with Crippen molar-refractivity contribution >= 4 is 22.6 Å². The monoisotopic (exact) mass is 277 g/mol.